The fourth-order valence-electron chi connectivity index (χ4n) is 2.22. The number of piperazine rings is 1. The summed E-state index contributed by atoms with van der Waals surface area (Å²) in [7, 11) is 0. The number of aliphatic hydroxyl groups excluding tert-OH is 1. The average molecular weight is 322 g/mol. The monoisotopic (exact) mass is 322 g/mol. The summed E-state index contributed by atoms with van der Waals surface area (Å²) in [6, 6.07) is 8.73. The predicted octanol–water partition coefficient (Wildman–Crippen LogP) is 1.98. The van der Waals surface area contributed by atoms with Crippen molar-refractivity contribution in [3.8, 4) is 0 Å². The maximum Gasteiger partial charge on any atom is 0.293 e. The molecule has 0 saturated carbocycles. The third-order valence-electron chi connectivity index (χ3n) is 3.44. The smallest absolute Gasteiger partial charge is 0.293 e. The maximum absolute atomic E-state index is 9.60. The van der Waals surface area contributed by atoms with Crippen molar-refractivity contribution in [3.05, 3.63) is 29.8 Å². The zero-order valence-corrected chi connectivity index (χ0v) is 14.5. The van der Waals surface area contributed by atoms with Crippen molar-refractivity contribution in [1.29, 1.82) is 0 Å². The van der Waals surface area contributed by atoms with Crippen molar-refractivity contribution >= 4 is 12.2 Å². The summed E-state index contributed by atoms with van der Waals surface area (Å²) >= 11 is 0. The summed E-state index contributed by atoms with van der Waals surface area (Å²) in [6.07, 6.45) is 1.82. The highest BCUT2D eigenvalue weighted by atomic mass is 16.5. The Labute approximate surface area is 139 Å². The largest absolute Gasteiger partial charge is 0.462 e. The van der Waals surface area contributed by atoms with Crippen LogP contribution in [0.1, 0.15) is 32.8 Å². The molecule has 2 rings (SSSR count). The van der Waals surface area contributed by atoms with E-state index in [2.05, 4.69) is 39.2 Å². The van der Waals surface area contributed by atoms with Gasteiger partial charge in [-0.3, -0.25) is 4.79 Å². The molecule has 1 aromatic carbocycles. The maximum atomic E-state index is 9.60. The number of nitrogens with zero attached hydrogens (tertiary/aromatic N) is 1. The number of benzene rings is 1. The van der Waals surface area contributed by atoms with Crippen molar-refractivity contribution < 1.29 is 14.6 Å². The molecule has 1 aliphatic heterocycles. The minimum absolute atomic E-state index is 0.277. The molecule has 0 radical (unpaired) electrons. The molecule has 2 N–H and O–H groups in total. The highest BCUT2D eigenvalue weighted by Crippen LogP contribution is 2.16. The van der Waals surface area contributed by atoms with E-state index in [0.29, 0.717) is 6.47 Å². The molecule has 130 valence electrons. The SMILES string of the molecule is CC(C)(C)OC=O.OCCCc1ccc(N2CCNCC2)cc1. The Kier molecular flexibility index (Phi) is 8.66. The molecule has 5 heteroatoms. The molecule has 0 bridgehead atoms. The summed E-state index contributed by atoms with van der Waals surface area (Å²) < 4.78 is 4.55. The quantitative estimate of drug-likeness (QED) is 0.812. The van der Waals surface area contributed by atoms with Crippen LogP contribution in [0.4, 0.5) is 5.69 Å². The van der Waals surface area contributed by atoms with E-state index in [1.165, 1.54) is 11.3 Å². The first kappa shape index (κ1) is 19.5. The Bertz CT molecular complexity index is 435. The van der Waals surface area contributed by atoms with Gasteiger partial charge in [0.05, 0.1) is 0 Å². The number of aliphatic hydroxyl groups is 1. The fourth-order valence-corrected chi connectivity index (χ4v) is 2.22. The second kappa shape index (κ2) is 10.2. The number of carbonyl (C=O) groups is 1. The van der Waals surface area contributed by atoms with E-state index < -0.39 is 0 Å². The number of hydrogen-bond acceptors (Lipinski definition) is 5. The molecule has 1 heterocycles. The normalized spacial score (nSPS) is 14.7. The number of anilines is 1. The van der Waals surface area contributed by atoms with Gasteiger partial charge in [-0.25, -0.2) is 0 Å². The van der Waals surface area contributed by atoms with Gasteiger partial charge in [0.25, 0.3) is 6.47 Å². The predicted molar refractivity (Wildman–Crippen MR) is 93.8 cm³/mol. The zero-order valence-electron chi connectivity index (χ0n) is 14.5. The van der Waals surface area contributed by atoms with Crippen molar-refractivity contribution in [2.75, 3.05) is 37.7 Å². The number of nitrogens with one attached hydrogen (secondary N) is 1. The van der Waals surface area contributed by atoms with E-state index in [1.54, 1.807) is 0 Å². The number of rotatable bonds is 5. The molecule has 23 heavy (non-hydrogen) atoms. The lowest BCUT2D eigenvalue weighted by Gasteiger charge is -2.29. The Morgan fingerprint density at radius 1 is 1.22 bits per heavy atom. The Balaban J connectivity index is 0.000000322. The average Bonchev–Trinajstić information content (AvgIpc) is 2.54. The third kappa shape index (κ3) is 8.57. The van der Waals surface area contributed by atoms with Crippen molar-refractivity contribution in [3.63, 3.8) is 0 Å². The molecular weight excluding hydrogens is 292 g/mol. The van der Waals surface area contributed by atoms with Gasteiger partial charge in [-0.1, -0.05) is 12.1 Å². The molecule has 0 spiro atoms. The van der Waals surface area contributed by atoms with Crippen LogP contribution in [0.25, 0.3) is 0 Å². The van der Waals surface area contributed by atoms with Crippen LogP contribution in [0.3, 0.4) is 0 Å². The van der Waals surface area contributed by atoms with Crippen LogP contribution >= 0.6 is 0 Å². The van der Waals surface area contributed by atoms with Crippen molar-refractivity contribution in [2.45, 2.75) is 39.2 Å². The molecule has 0 aliphatic carbocycles. The number of carbonyl (C=O) groups excluding carboxylic acids is 1. The van der Waals surface area contributed by atoms with Crippen LogP contribution in [0, 0.1) is 0 Å². The fraction of sp³-hybridized carbons (Fsp3) is 0.611. The second-order valence-electron chi connectivity index (χ2n) is 6.56. The summed E-state index contributed by atoms with van der Waals surface area (Å²) in [5.41, 5.74) is 2.31. The Morgan fingerprint density at radius 2 is 1.83 bits per heavy atom. The lowest BCUT2D eigenvalue weighted by molar-refractivity contribution is -0.138. The lowest BCUT2D eigenvalue weighted by atomic mass is 10.1. The van der Waals surface area contributed by atoms with Gasteiger partial charge in [-0.05, 0) is 51.3 Å². The van der Waals surface area contributed by atoms with Gasteiger partial charge in [0.15, 0.2) is 0 Å². The molecule has 1 aliphatic rings. The minimum Gasteiger partial charge on any atom is -0.462 e. The first-order valence-electron chi connectivity index (χ1n) is 8.23. The van der Waals surface area contributed by atoms with E-state index >= 15 is 0 Å². The van der Waals surface area contributed by atoms with Gasteiger partial charge < -0.3 is 20.1 Å². The molecule has 0 amide bonds. The van der Waals surface area contributed by atoms with E-state index in [-0.39, 0.29) is 12.2 Å². The zero-order chi connectivity index (χ0) is 17.1. The van der Waals surface area contributed by atoms with Gasteiger partial charge in [-0.2, -0.15) is 0 Å². The van der Waals surface area contributed by atoms with Gasteiger partial charge in [0, 0.05) is 38.5 Å². The van der Waals surface area contributed by atoms with E-state index in [4.69, 9.17) is 5.11 Å². The number of hydrogen-bond donors (Lipinski definition) is 2. The van der Waals surface area contributed by atoms with Crippen LogP contribution in [-0.4, -0.2) is 50.0 Å². The molecule has 1 saturated heterocycles. The second-order valence-corrected chi connectivity index (χ2v) is 6.56. The van der Waals surface area contributed by atoms with E-state index in [9.17, 15) is 4.79 Å². The highest BCUT2D eigenvalue weighted by Gasteiger charge is 2.09. The minimum atomic E-state index is -0.318. The molecule has 5 nitrogen and oxygen atoms in total. The summed E-state index contributed by atoms with van der Waals surface area (Å²) in [5, 5.41) is 12.1. The van der Waals surface area contributed by atoms with Gasteiger partial charge in [-0.15, -0.1) is 0 Å². The van der Waals surface area contributed by atoms with Crippen molar-refractivity contribution in [1.82, 2.24) is 5.32 Å². The van der Waals surface area contributed by atoms with E-state index in [1.807, 2.05) is 20.8 Å². The van der Waals surface area contributed by atoms with Crippen LogP contribution in [0.2, 0.25) is 0 Å². The molecule has 0 atom stereocenters. The number of aryl methyl sites for hydroxylation is 1. The first-order valence-corrected chi connectivity index (χ1v) is 8.23. The topological polar surface area (TPSA) is 61.8 Å². The lowest BCUT2D eigenvalue weighted by Crippen LogP contribution is -2.43. The first-order chi connectivity index (χ1) is 11.0. The summed E-state index contributed by atoms with van der Waals surface area (Å²) in [6.45, 7) is 10.5. The number of ether oxygens (including phenoxy) is 1. The highest BCUT2D eigenvalue weighted by molar-refractivity contribution is 5.48. The van der Waals surface area contributed by atoms with Crippen LogP contribution in [-0.2, 0) is 16.0 Å². The Morgan fingerprint density at radius 3 is 2.26 bits per heavy atom. The molecular formula is C18H30N2O3. The molecule has 1 aromatic rings. The summed E-state index contributed by atoms with van der Waals surface area (Å²) in [4.78, 5) is 12.0. The standard InChI is InChI=1S/C13H20N2O.C5H10O2/c16-11-1-2-12-3-5-13(6-4-12)15-9-7-14-8-10-15;1-5(2,3)7-4-6/h3-6,14,16H,1-2,7-11H2;4H,1-3H3. The van der Waals surface area contributed by atoms with Crippen LogP contribution in [0.5, 0.6) is 0 Å². The Hall–Kier alpha value is -1.59. The van der Waals surface area contributed by atoms with Crippen LogP contribution < -0.4 is 10.2 Å². The molecule has 0 unspecified atom stereocenters. The van der Waals surface area contributed by atoms with E-state index in [0.717, 1.165) is 39.0 Å². The molecule has 1 fully saturated rings. The van der Waals surface area contributed by atoms with Gasteiger partial charge in [0.1, 0.15) is 5.60 Å². The third-order valence-corrected chi connectivity index (χ3v) is 3.44. The summed E-state index contributed by atoms with van der Waals surface area (Å²) in [5.74, 6) is 0. The van der Waals surface area contributed by atoms with Crippen LogP contribution in [0.15, 0.2) is 24.3 Å². The van der Waals surface area contributed by atoms with Gasteiger partial charge in [0.2, 0.25) is 0 Å². The van der Waals surface area contributed by atoms with Gasteiger partial charge >= 0.3 is 0 Å². The van der Waals surface area contributed by atoms with Crippen molar-refractivity contribution in [2.24, 2.45) is 0 Å². The molecule has 0 aromatic heterocycles.